The van der Waals surface area contributed by atoms with Crippen LogP contribution in [0.5, 0.6) is 11.5 Å². The van der Waals surface area contributed by atoms with Crippen LogP contribution >= 0.6 is 0 Å². The number of nitrogens with one attached hydrogen (secondary N) is 1. The Kier molecular flexibility index (Phi) is 6.73. The third kappa shape index (κ3) is 6.32. The normalized spacial score (nSPS) is 10.5. The Morgan fingerprint density at radius 2 is 1.59 bits per heavy atom. The second-order valence-corrected chi connectivity index (χ2v) is 5.95. The maximum Gasteiger partial charge on any atom is 0.331 e. The fourth-order valence-electron chi connectivity index (χ4n) is 2.38. The molecule has 1 amide bonds. The van der Waals surface area contributed by atoms with Crippen molar-refractivity contribution in [1.29, 1.82) is 0 Å². The fraction of sp³-hybridized carbons (Fsp3) is 0.0435. The van der Waals surface area contributed by atoms with E-state index in [2.05, 4.69) is 5.32 Å². The van der Waals surface area contributed by atoms with Crippen molar-refractivity contribution in [2.75, 3.05) is 11.9 Å². The molecule has 0 radical (unpaired) electrons. The highest BCUT2D eigenvalue weighted by Crippen LogP contribution is 2.28. The van der Waals surface area contributed by atoms with Gasteiger partial charge in [-0.3, -0.25) is 4.79 Å². The molecule has 3 aromatic carbocycles. The summed E-state index contributed by atoms with van der Waals surface area (Å²) in [5.74, 6) is -0.449. The van der Waals surface area contributed by atoms with Crippen LogP contribution in [-0.2, 0) is 14.3 Å². The Labute approximate surface area is 167 Å². The molecule has 0 atom stereocenters. The molecule has 0 aliphatic carbocycles. The summed E-state index contributed by atoms with van der Waals surface area (Å²) in [6.07, 6.45) is 2.65. The van der Waals surface area contributed by atoms with E-state index < -0.39 is 18.5 Å². The van der Waals surface area contributed by atoms with E-state index >= 15 is 0 Å². The number of ether oxygens (including phenoxy) is 2. The smallest absolute Gasteiger partial charge is 0.331 e. The molecule has 3 rings (SSSR count). The van der Waals surface area contributed by atoms with E-state index in [-0.39, 0.29) is 5.82 Å². The number of para-hydroxylation sites is 3. The largest absolute Gasteiger partial charge is 0.455 e. The summed E-state index contributed by atoms with van der Waals surface area (Å²) >= 11 is 0. The van der Waals surface area contributed by atoms with Crippen molar-refractivity contribution in [2.45, 2.75) is 0 Å². The van der Waals surface area contributed by atoms with Gasteiger partial charge in [0.05, 0.1) is 5.69 Å². The lowest BCUT2D eigenvalue weighted by molar-refractivity contribution is -0.142. The highest BCUT2D eigenvalue weighted by molar-refractivity contribution is 5.95. The van der Waals surface area contributed by atoms with Gasteiger partial charge in [0, 0.05) is 6.08 Å². The van der Waals surface area contributed by atoms with Crippen LogP contribution in [0.3, 0.4) is 0 Å². The van der Waals surface area contributed by atoms with E-state index in [1.165, 1.54) is 36.4 Å². The van der Waals surface area contributed by atoms with Gasteiger partial charge < -0.3 is 14.8 Å². The van der Waals surface area contributed by atoms with Crippen LogP contribution in [0, 0.1) is 5.82 Å². The van der Waals surface area contributed by atoms with Gasteiger partial charge >= 0.3 is 5.97 Å². The zero-order valence-electron chi connectivity index (χ0n) is 15.4. The number of hydrogen-bond donors (Lipinski definition) is 1. The SMILES string of the molecule is O=C(COC(=O)/C=C/c1ccc(F)cc1)Nc1ccccc1Oc1ccccc1. The summed E-state index contributed by atoms with van der Waals surface area (Å²) in [7, 11) is 0. The Hall–Kier alpha value is -3.93. The van der Waals surface area contributed by atoms with Gasteiger partial charge in [0.2, 0.25) is 0 Å². The molecule has 0 aromatic heterocycles. The molecule has 29 heavy (non-hydrogen) atoms. The lowest BCUT2D eigenvalue weighted by atomic mass is 10.2. The van der Waals surface area contributed by atoms with E-state index in [1.807, 2.05) is 18.2 Å². The Bertz CT molecular complexity index is 1000. The molecular formula is C23H18FNO4. The lowest BCUT2D eigenvalue weighted by Crippen LogP contribution is -2.20. The molecule has 0 bridgehead atoms. The number of hydrogen-bond acceptors (Lipinski definition) is 4. The van der Waals surface area contributed by atoms with Gasteiger partial charge in [-0.25, -0.2) is 9.18 Å². The van der Waals surface area contributed by atoms with Crippen LogP contribution in [0.15, 0.2) is 84.9 Å². The van der Waals surface area contributed by atoms with Gasteiger partial charge in [-0.15, -0.1) is 0 Å². The van der Waals surface area contributed by atoms with E-state index in [0.717, 1.165) is 0 Å². The van der Waals surface area contributed by atoms with E-state index in [1.54, 1.807) is 36.4 Å². The fourth-order valence-corrected chi connectivity index (χ4v) is 2.38. The summed E-state index contributed by atoms with van der Waals surface area (Å²) < 4.78 is 23.6. The molecule has 0 unspecified atom stereocenters. The van der Waals surface area contributed by atoms with Crippen molar-refractivity contribution in [3.63, 3.8) is 0 Å². The summed E-state index contributed by atoms with van der Waals surface area (Å²) in [5.41, 5.74) is 1.10. The molecule has 0 spiro atoms. The van der Waals surface area contributed by atoms with Gasteiger partial charge in [0.25, 0.3) is 5.91 Å². The Balaban J connectivity index is 1.53. The average Bonchev–Trinajstić information content (AvgIpc) is 2.74. The molecule has 3 aromatic rings. The van der Waals surface area contributed by atoms with Crippen LogP contribution in [-0.4, -0.2) is 18.5 Å². The van der Waals surface area contributed by atoms with Crippen molar-refractivity contribution in [1.82, 2.24) is 0 Å². The molecule has 0 heterocycles. The predicted molar refractivity (Wildman–Crippen MR) is 108 cm³/mol. The van der Waals surface area contributed by atoms with Crippen LogP contribution in [0.25, 0.3) is 6.08 Å². The number of halogens is 1. The zero-order valence-corrected chi connectivity index (χ0v) is 15.4. The van der Waals surface area contributed by atoms with Crippen LogP contribution < -0.4 is 10.1 Å². The monoisotopic (exact) mass is 391 g/mol. The third-order valence-corrected chi connectivity index (χ3v) is 3.76. The number of anilines is 1. The van der Waals surface area contributed by atoms with Crippen LogP contribution in [0.1, 0.15) is 5.56 Å². The first kappa shape index (κ1) is 19.8. The molecular weight excluding hydrogens is 373 g/mol. The number of benzene rings is 3. The van der Waals surface area contributed by atoms with Crippen LogP contribution in [0.4, 0.5) is 10.1 Å². The van der Waals surface area contributed by atoms with Gasteiger partial charge in [-0.1, -0.05) is 42.5 Å². The summed E-state index contributed by atoms with van der Waals surface area (Å²) in [4.78, 5) is 23.9. The third-order valence-electron chi connectivity index (χ3n) is 3.76. The highest BCUT2D eigenvalue weighted by Gasteiger charge is 2.10. The van der Waals surface area contributed by atoms with Crippen molar-refractivity contribution < 1.29 is 23.5 Å². The zero-order chi connectivity index (χ0) is 20.5. The molecule has 0 aliphatic rings. The first-order chi connectivity index (χ1) is 14.1. The van der Waals surface area contributed by atoms with Crippen molar-refractivity contribution >= 4 is 23.6 Å². The standard InChI is InChI=1S/C23H18FNO4/c24-18-13-10-17(11-14-18)12-15-23(27)28-16-22(26)25-20-8-4-5-9-21(20)29-19-6-2-1-3-7-19/h1-15H,16H2,(H,25,26)/b15-12+. The van der Waals surface area contributed by atoms with Gasteiger partial charge in [0.15, 0.2) is 12.4 Å². The summed E-state index contributed by atoms with van der Waals surface area (Å²) in [6.45, 7) is -0.452. The molecule has 0 fully saturated rings. The second-order valence-electron chi connectivity index (χ2n) is 5.95. The molecule has 0 aliphatic heterocycles. The quantitative estimate of drug-likeness (QED) is 0.464. The molecule has 0 saturated carbocycles. The molecule has 5 nitrogen and oxygen atoms in total. The minimum absolute atomic E-state index is 0.363. The minimum atomic E-state index is -0.682. The van der Waals surface area contributed by atoms with Crippen molar-refractivity contribution in [3.05, 3.63) is 96.3 Å². The second kappa shape index (κ2) is 9.85. The van der Waals surface area contributed by atoms with Gasteiger partial charge in [0.1, 0.15) is 11.6 Å². The summed E-state index contributed by atoms with van der Waals surface area (Å²) in [6, 6.07) is 21.7. The average molecular weight is 391 g/mol. The minimum Gasteiger partial charge on any atom is -0.455 e. The molecule has 6 heteroatoms. The highest BCUT2D eigenvalue weighted by atomic mass is 19.1. The van der Waals surface area contributed by atoms with E-state index in [0.29, 0.717) is 22.7 Å². The maximum atomic E-state index is 12.9. The lowest BCUT2D eigenvalue weighted by Gasteiger charge is -2.12. The number of carbonyl (C=O) groups is 2. The van der Waals surface area contributed by atoms with Crippen molar-refractivity contribution in [2.24, 2.45) is 0 Å². The number of rotatable bonds is 7. The molecule has 0 saturated heterocycles. The number of esters is 1. The van der Waals surface area contributed by atoms with Crippen LogP contribution in [0.2, 0.25) is 0 Å². The molecule has 1 N–H and O–H groups in total. The number of carbonyl (C=O) groups excluding carboxylic acids is 2. The topological polar surface area (TPSA) is 64.6 Å². The first-order valence-electron chi connectivity index (χ1n) is 8.82. The summed E-state index contributed by atoms with van der Waals surface area (Å²) in [5, 5.41) is 2.66. The Morgan fingerprint density at radius 3 is 2.34 bits per heavy atom. The predicted octanol–water partition coefficient (Wildman–Crippen LogP) is 4.81. The van der Waals surface area contributed by atoms with E-state index in [9.17, 15) is 14.0 Å². The Morgan fingerprint density at radius 1 is 0.897 bits per heavy atom. The number of amides is 1. The molecule has 146 valence electrons. The van der Waals surface area contributed by atoms with E-state index in [4.69, 9.17) is 9.47 Å². The van der Waals surface area contributed by atoms with Gasteiger partial charge in [-0.05, 0) is 48.0 Å². The maximum absolute atomic E-state index is 12.9. The van der Waals surface area contributed by atoms with Gasteiger partial charge in [-0.2, -0.15) is 0 Å². The van der Waals surface area contributed by atoms with Crippen molar-refractivity contribution in [3.8, 4) is 11.5 Å². The first-order valence-corrected chi connectivity index (χ1v) is 8.82.